The van der Waals surface area contributed by atoms with Crippen molar-refractivity contribution in [3.05, 3.63) is 34.1 Å². The fourth-order valence-corrected chi connectivity index (χ4v) is 2.51. The molecule has 18 heavy (non-hydrogen) atoms. The molecule has 0 aliphatic heterocycles. The van der Waals surface area contributed by atoms with E-state index in [1.807, 2.05) is 6.07 Å². The van der Waals surface area contributed by atoms with Gasteiger partial charge in [-0.2, -0.15) is 0 Å². The molecule has 0 heterocycles. The van der Waals surface area contributed by atoms with Gasteiger partial charge in [-0.05, 0) is 49.1 Å². The zero-order valence-corrected chi connectivity index (χ0v) is 13.1. The zero-order chi connectivity index (χ0) is 13.5. The lowest BCUT2D eigenvalue weighted by Gasteiger charge is -2.19. The van der Waals surface area contributed by atoms with Crippen molar-refractivity contribution in [3.63, 3.8) is 0 Å². The highest BCUT2D eigenvalue weighted by Crippen LogP contribution is 2.20. The van der Waals surface area contributed by atoms with Crippen LogP contribution in [0, 0.1) is 11.7 Å². The molecule has 0 aliphatic rings. The first-order valence-electron chi connectivity index (χ1n) is 6.70. The highest BCUT2D eigenvalue weighted by molar-refractivity contribution is 9.10. The summed E-state index contributed by atoms with van der Waals surface area (Å²) in [5.74, 6) is 0.407. The minimum Gasteiger partial charge on any atom is -0.314 e. The lowest BCUT2D eigenvalue weighted by Crippen LogP contribution is -2.30. The van der Waals surface area contributed by atoms with E-state index in [0.29, 0.717) is 12.0 Å². The Hall–Kier alpha value is -0.410. The zero-order valence-electron chi connectivity index (χ0n) is 11.5. The molecule has 0 aliphatic carbocycles. The minimum absolute atomic E-state index is 0.0937. The molecule has 0 saturated heterocycles. The van der Waals surface area contributed by atoms with Gasteiger partial charge >= 0.3 is 0 Å². The van der Waals surface area contributed by atoms with E-state index >= 15 is 0 Å². The molecule has 1 nitrogen and oxygen atoms in total. The topological polar surface area (TPSA) is 12.0 Å². The number of rotatable bonds is 7. The van der Waals surface area contributed by atoms with Crippen molar-refractivity contribution < 1.29 is 4.39 Å². The predicted molar refractivity (Wildman–Crippen MR) is 79.3 cm³/mol. The molecule has 1 aromatic rings. The van der Waals surface area contributed by atoms with Crippen molar-refractivity contribution in [1.82, 2.24) is 5.32 Å². The normalized spacial score (nSPS) is 13.0. The van der Waals surface area contributed by atoms with Gasteiger partial charge in [0.15, 0.2) is 0 Å². The first-order valence-corrected chi connectivity index (χ1v) is 7.49. The SMILES string of the molecule is CCCC(CNC(C)C)Cc1cc(Br)ccc1F. The smallest absolute Gasteiger partial charge is 0.126 e. The van der Waals surface area contributed by atoms with E-state index in [4.69, 9.17) is 0 Å². The Kier molecular flexibility index (Phi) is 6.87. The third-order valence-electron chi connectivity index (χ3n) is 3.03. The van der Waals surface area contributed by atoms with Crippen LogP contribution in [-0.2, 0) is 6.42 Å². The molecule has 102 valence electrons. The summed E-state index contributed by atoms with van der Waals surface area (Å²) in [5, 5.41) is 3.45. The maximum atomic E-state index is 13.7. The number of nitrogens with one attached hydrogen (secondary N) is 1. The van der Waals surface area contributed by atoms with Gasteiger partial charge in [-0.25, -0.2) is 4.39 Å². The second-order valence-corrected chi connectivity index (χ2v) is 6.07. The average molecular weight is 316 g/mol. The monoisotopic (exact) mass is 315 g/mol. The summed E-state index contributed by atoms with van der Waals surface area (Å²) >= 11 is 3.41. The molecule has 0 radical (unpaired) electrons. The average Bonchev–Trinajstić information content (AvgIpc) is 2.31. The van der Waals surface area contributed by atoms with E-state index in [1.54, 1.807) is 6.07 Å². The third kappa shape index (κ3) is 5.49. The Morgan fingerprint density at radius 3 is 2.67 bits per heavy atom. The van der Waals surface area contributed by atoms with Gasteiger partial charge in [-0.1, -0.05) is 43.1 Å². The van der Waals surface area contributed by atoms with Crippen LogP contribution >= 0.6 is 15.9 Å². The molecule has 0 saturated carbocycles. The van der Waals surface area contributed by atoms with Crippen LogP contribution in [0.15, 0.2) is 22.7 Å². The molecular weight excluding hydrogens is 293 g/mol. The molecule has 1 rings (SSSR count). The summed E-state index contributed by atoms with van der Waals surface area (Å²) in [6.07, 6.45) is 3.07. The lowest BCUT2D eigenvalue weighted by molar-refractivity contribution is 0.413. The standard InChI is InChI=1S/C15H23BrFN/c1-4-5-12(10-18-11(2)3)8-13-9-14(16)6-7-15(13)17/h6-7,9,11-12,18H,4-5,8,10H2,1-3H3. The fourth-order valence-electron chi connectivity index (χ4n) is 2.10. The van der Waals surface area contributed by atoms with Crippen LogP contribution < -0.4 is 5.32 Å². The Labute approximate surface area is 118 Å². The van der Waals surface area contributed by atoms with Crippen molar-refractivity contribution in [1.29, 1.82) is 0 Å². The maximum Gasteiger partial charge on any atom is 0.126 e. The number of hydrogen-bond donors (Lipinski definition) is 1. The Balaban J connectivity index is 2.66. The van der Waals surface area contributed by atoms with Crippen molar-refractivity contribution in [2.24, 2.45) is 5.92 Å². The van der Waals surface area contributed by atoms with Crippen LogP contribution in [0.4, 0.5) is 4.39 Å². The van der Waals surface area contributed by atoms with Gasteiger partial charge in [0.25, 0.3) is 0 Å². The van der Waals surface area contributed by atoms with Crippen molar-refractivity contribution >= 4 is 15.9 Å². The van der Waals surface area contributed by atoms with Crippen LogP contribution in [0.2, 0.25) is 0 Å². The van der Waals surface area contributed by atoms with Gasteiger partial charge in [0, 0.05) is 10.5 Å². The highest BCUT2D eigenvalue weighted by atomic mass is 79.9. The molecule has 0 aromatic heterocycles. The van der Waals surface area contributed by atoms with E-state index in [1.165, 1.54) is 6.07 Å². The Bertz CT molecular complexity index is 366. The van der Waals surface area contributed by atoms with Gasteiger partial charge in [-0.3, -0.25) is 0 Å². The molecule has 0 fully saturated rings. The quantitative estimate of drug-likeness (QED) is 0.778. The van der Waals surface area contributed by atoms with E-state index in [9.17, 15) is 4.39 Å². The molecule has 0 bridgehead atoms. The first kappa shape index (κ1) is 15.6. The summed E-state index contributed by atoms with van der Waals surface area (Å²) in [6.45, 7) is 7.42. The summed E-state index contributed by atoms with van der Waals surface area (Å²) in [7, 11) is 0. The van der Waals surface area contributed by atoms with Gasteiger partial charge in [-0.15, -0.1) is 0 Å². The molecular formula is C15H23BrFN. The minimum atomic E-state index is -0.0937. The van der Waals surface area contributed by atoms with E-state index in [-0.39, 0.29) is 5.82 Å². The molecule has 0 spiro atoms. The van der Waals surface area contributed by atoms with Crippen molar-refractivity contribution in [2.45, 2.75) is 46.1 Å². The summed E-state index contributed by atoms with van der Waals surface area (Å²) < 4.78 is 14.7. The number of halogens is 2. The van der Waals surface area contributed by atoms with Gasteiger partial charge < -0.3 is 5.32 Å². The first-order chi connectivity index (χ1) is 8.52. The largest absolute Gasteiger partial charge is 0.314 e. The Morgan fingerprint density at radius 1 is 1.33 bits per heavy atom. The van der Waals surface area contributed by atoms with E-state index in [2.05, 4.69) is 42.0 Å². The molecule has 1 aromatic carbocycles. The predicted octanol–water partition coefficient (Wildman–Crippen LogP) is 4.55. The molecule has 0 amide bonds. The van der Waals surface area contributed by atoms with Gasteiger partial charge in [0.2, 0.25) is 0 Å². The summed E-state index contributed by atoms with van der Waals surface area (Å²) in [5.41, 5.74) is 0.813. The molecule has 1 atom stereocenters. The van der Waals surface area contributed by atoms with Crippen LogP contribution in [-0.4, -0.2) is 12.6 Å². The molecule has 1 N–H and O–H groups in total. The van der Waals surface area contributed by atoms with Crippen LogP contribution in [0.3, 0.4) is 0 Å². The van der Waals surface area contributed by atoms with Crippen LogP contribution in [0.5, 0.6) is 0 Å². The molecule has 1 unspecified atom stereocenters. The summed E-state index contributed by atoms with van der Waals surface area (Å²) in [4.78, 5) is 0. The second kappa shape index (κ2) is 7.90. The van der Waals surface area contributed by atoms with Crippen LogP contribution in [0.25, 0.3) is 0 Å². The third-order valence-corrected chi connectivity index (χ3v) is 3.52. The van der Waals surface area contributed by atoms with Gasteiger partial charge in [0.1, 0.15) is 5.82 Å². The number of benzene rings is 1. The highest BCUT2D eigenvalue weighted by Gasteiger charge is 2.12. The van der Waals surface area contributed by atoms with Crippen molar-refractivity contribution in [2.75, 3.05) is 6.54 Å². The van der Waals surface area contributed by atoms with Gasteiger partial charge in [0.05, 0.1) is 0 Å². The second-order valence-electron chi connectivity index (χ2n) is 5.16. The Morgan fingerprint density at radius 2 is 2.06 bits per heavy atom. The fraction of sp³-hybridized carbons (Fsp3) is 0.600. The lowest BCUT2D eigenvalue weighted by atomic mass is 9.94. The van der Waals surface area contributed by atoms with E-state index in [0.717, 1.165) is 35.8 Å². The van der Waals surface area contributed by atoms with Crippen LogP contribution in [0.1, 0.15) is 39.2 Å². The van der Waals surface area contributed by atoms with Crippen molar-refractivity contribution in [3.8, 4) is 0 Å². The molecule has 3 heteroatoms. The van der Waals surface area contributed by atoms with E-state index < -0.39 is 0 Å². The maximum absolute atomic E-state index is 13.7. The number of hydrogen-bond acceptors (Lipinski definition) is 1. The summed E-state index contributed by atoms with van der Waals surface area (Å²) in [6, 6.07) is 5.67.